The van der Waals surface area contributed by atoms with Gasteiger partial charge in [-0.05, 0) is 51.8 Å². The minimum atomic E-state index is -0.532. The second-order valence-electron chi connectivity index (χ2n) is 9.46. The number of carbonyl (C=O) groups excluding carboxylic acids is 2. The maximum Gasteiger partial charge on any atom is 0.410 e. The molecule has 1 fully saturated rings. The first kappa shape index (κ1) is 23.1. The maximum absolute atomic E-state index is 12.7. The fraction of sp³-hybridized carbons (Fsp3) is 0.609. The predicted molar refractivity (Wildman–Crippen MR) is 120 cm³/mol. The molecule has 0 aliphatic carbocycles. The van der Waals surface area contributed by atoms with Gasteiger partial charge in [0.05, 0.1) is 18.7 Å². The average molecular weight is 431 g/mol. The van der Waals surface area contributed by atoms with Gasteiger partial charge < -0.3 is 25.1 Å². The predicted octanol–water partition coefficient (Wildman–Crippen LogP) is 3.70. The van der Waals surface area contributed by atoms with Crippen LogP contribution in [0.3, 0.4) is 0 Å². The molecule has 0 spiro atoms. The SMILES string of the molecule is CCC1(C)NN=C(C(=O)Nc2ccc(C3CN(C(=O)OC(C)(C)C)CCO3)cc2)C1C. The van der Waals surface area contributed by atoms with Crippen molar-refractivity contribution < 1.29 is 19.1 Å². The van der Waals surface area contributed by atoms with E-state index in [1.54, 1.807) is 4.90 Å². The van der Waals surface area contributed by atoms with Gasteiger partial charge in [-0.1, -0.05) is 26.0 Å². The van der Waals surface area contributed by atoms with Crippen LogP contribution in [0.1, 0.15) is 59.6 Å². The van der Waals surface area contributed by atoms with Gasteiger partial charge in [-0.25, -0.2) is 4.79 Å². The van der Waals surface area contributed by atoms with E-state index in [9.17, 15) is 9.59 Å². The maximum atomic E-state index is 12.7. The molecule has 3 atom stereocenters. The number of amides is 2. The topological polar surface area (TPSA) is 92.3 Å². The number of anilines is 1. The van der Waals surface area contributed by atoms with Gasteiger partial charge >= 0.3 is 6.09 Å². The quantitative estimate of drug-likeness (QED) is 0.760. The Labute approximate surface area is 184 Å². The van der Waals surface area contributed by atoms with Gasteiger partial charge in [0.25, 0.3) is 5.91 Å². The third kappa shape index (κ3) is 5.36. The second-order valence-corrected chi connectivity index (χ2v) is 9.46. The standard InChI is InChI=1S/C23H34N4O4/c1-7-23(6)15(2)19(25-26-23)20(28)24-17-10-8-16(9-11-17)18-14-27(12-13-30-18)21(29)31-22(3,4)5/h8-11,15,18,26H,7,12-14H2,1-6H3,(H,24,28). The average Bonchev–Trinajstić information content (AvgIpc) is 3.03. The number of nitrogens with one attached hydrogen (secondary N) is 2. The van der Waals surface area contributed by atoms with E-state index in [0.717, 1.165) is 12.0 Å². The number of nitrogens with zero attached hydrogens (tertiary/aromatic N) is 2. The highest BCUT2D eigenvalue weighted by Crippen LogP contribution is 2.28. The van der Waals surface area contributed by atoms with Crippen LogP contribution in [-0.4, -0.2) is 53.4 Å². The van der Waals surface area contributed by atoms with Crippen molar-refractivity contribution in [3.8, 4) is 0 Å². The van der Waals surface area contributed by atoms with E-state index in [4.69, 9.17) is 9.47 Å². The Kier molecular flexibility index (Phi) is 6.59. The van der Waals surface area contributed by atoms with Crippen molar-refractivity contribution in [3.63, 3.8) is 0 Å². The normalized spacial score (nSPS) is 26.1. The van der Waals surface area contributed by atoms with Gasteiger partial charge in [-0.2, -0.15) is 5.10 Å². The zero-order valence-corrected chi connectivity index (χ0v) is 19.3. The Morgan fingerprint density at radius 2 is 2.00 bits per heavy atom. The highest BCUT2D eigenvalue weighted by atomic mass is 16.6. The zero-order chi connectivity index (χ0) is 22.8. The van der Waals surface area contributed by atoms with Crippen LogP contribution in [0.25, 0.3) is 0 Å². The van der Waals surface area contributed by atoms with Gasteiger partial charge in [0.1, 0.15) is 17.4 Å². The molecular formula is C23H34N4O4. The van der Waals surface area contributed by atoms with E-state index in [1.807, 2.05) is 52.0 Å². The van der Waals surface area contributed by atoms with E-state index in [-0.39, 0.29) is 29.6 Å². The largest absolute Gasteiger partial charge is 0.444 e. The lowest BCUT2D eigenvalue weighted by Crippen LogP contribution is -2.44. The van der Waals surface area contributed by atoms with Crippen LogP contribution in [0.2, 0.25) is 0 Å². The molecule has 170 valence electrons. The zero-order valence-electron chi connectivity index (χ0n) is 19.3. The third-order valence-electron chi connectivity index (χ3n) is 6.02. The first-order valence-corrected chi connectivity index (χ1v) is 10.9. The van der Waals surface area contributed by atoms with E-state index in [0.29, 0.717) is 31.1 Å². The minimum Gasteiger partial charge on any atom is -0.444 e. The summed E-state index contributed by atoms with van der Waals surface area (Å²) in [5, 5.41) is 7.19. The summed E-state index contributed by atoms with van der Waals surface area (Å²) < 4.78 is 11.3. The van der Waals surface area contributed by atoms with Gasteiger partial charge in [0.2, 0.25) is 0 Å². The van der Waals surface area contributed by atoms with Crippen molar-refractivity contribution in [2.45, 2.75) is 65.2 Å². The minimum absolute atomic E-state index is 0.0197. The highest BCUT2D eigenvalue weighted by molar-refractivity contribution is 6.44. The van der Waals surface area contributed by atoms with Crippen LogP contribution in [0.5, 0.6) is 0 Å². The molecule has 2 aliphatic heterocycles. The number of hydrazone groups is 1. The number of rotatable bonds is 4. The molecule has 8 nitrogen and oxygen atoms in total. The molecule has 2 amide bonds. The first-order chi connectivity index (χ1) is 14.5. The van der Waals surface area contributed by atoms with Gasteiger partial charge in [0, 0.05) is 18.2 Å². The monoisotopic (exact) mass is 430 g/mol. The van der Waals surface area contributed by atoms with Crippen LogP contribution < -0.4 is 10.7 Å². The Morgan fingerprint density at radius 1 is 1.32 bits per heavy atom. The summed E-state index contributed by atoms with van der Waals surface area (Å²) in [5.41, 5.74) is 4.51. The van der Waals surface area contributed by atoms with E-state index >= 15 is 0 Å². The molecule has 1 aromatic rings. The van der Waals surface area contributed by atoms with Crippen molar-refractivity contribution in [3.05, 3.63) is 29.8 Å². The molecular weight excluding hydrogens is 396 g/mol. The number of hydrogen-bond donors (Lipinski definition) is 2. The van der Waals surface area contributed by atoms with Crippen molar-refractivity contribution in [2.24, 2.45) is 11.0 Å². The van der Waals surface area contributed by atoms with Gasteiger partial charge in [-0.15, -0.1) is 0 Å². The molecule has 0 bridgehead atoms. The number of morpholine rings is 1. The molecule has 3 unspecified atom stereocenters. The molecule has 1 saturated heterocycles. The molecule has 2 aliphatic rings. The highest BCUT2D eigenvalue weighted by Gasteiger charge is 2.40. The summed E-state index contributed by atoms with van der Waals surface area (Å²) in [5.74, 6) is -0.179. The van der Waals surface area contributed by atoms with E-state index in [1.165, 1.54) is 0 Å². The molecule has 8 heteroatoms. The van der Waals surface area contributed by atoms with Crippen LogP contribution in [0, 0.1) is 5.92 Å². The van der Waals surface area contributed by atoms with E-state index in [2.05, 4.69) is 29.7 Å². The van der Waals surface area contributed by atoms with Crippen molar-refractivity contribution in [1.82, 2.24) is 10.3 Å². The third-order valence-corrected chi connectivity index (χ3v) is 6.02. The molecule has 2 heterocycles. The lowest BCUT2D eigenvalue weighted by molar-refractivity contribution is -0.110. The molecule has 0 saturated carbocycles. The molecule has 2 N–H and O–H groups in total. The first-order valence-electron chi connectivity index (χ1n) is 10.9. The Bertz CT molecular complexity index is 846. The Hall–Kier alpha value is -2.61. The number of ether oxygens (including phenoxy) is 2. The van der Waals surface area contributed by atoms with Crippen LogP contribution in [0.15, 0.2) is 29.4 Å². The smallest absolute Gasteiger partial charge is 0.410 e. The summed E-state index contributed by atoms with van der Waals surface area (Å²) in [6, 6.07) is 7.51. The number of hydrogen-bond acceptors (Lipinski definition) is 6. The summed E-state index contributed by atoms with van der Waals surface area (Å²) in [4.78, 5) is 26.7. The lowest BCUT2D eigenvalue weighted by atomic mass is 9.83. The summed E-state index contributed by atoms with van der Waals surface area (Å²) in [6.45, 7) is 13.1. The van der Waals surface area contributed by atoms with Crippen LogP contribution in [-0.2, 0) is 14.3 Å². The van der Waals surface area contributed by atoms with Crippen molar-refractivity contribution in [1.29, 1.82) is 0 Å². The fourth-order valence-corrected chi connectivity index (χ4v) is 3.64. The summed E-state index contributed by atoms with van der Waals surface area (Å²) >= 11 is 0. The molecule has 1 aromatic carbocycles. The number of carbonyl (C=O) groups is 2. The summed E-state index contributed by atoms with van der Waals surface area (Å²) in [6.07, 6.45) is 0.314. The molecule has 31 heavy (non-hydrogen) atoms. The Morgan fingerprint density at radius 3 is 2.58 bits per heavy atom. The molecule has 0 radical (unpaired) electrons. The molecule has 3 rings (SSSR count). The van der Waals surface area contributed by atoms with Crippen LogP contribution in [0.4, 0.5) is 10.5 Å². The molecule has 0 aromatic heterocycles. The summed E-state index contributed by atoms with van der Waals surface area (Å²) in [7, 11) is 0. The van der Waals surface area contributed by atoms with Crippen LogP contribution >= 0.6 is 0 Å². The van der Waals surface area contributed by atoms with Crippen molar-refractivity contribution in [2.75, 3.05) is 25.0 Å². The fourth-order valence-electron chi connectivity index (χ4n) is 3.64. The Balaban J connectivity index is 1.60. The number of benzene rings is 1. The second kappa shape index (κ2) is 8.86. The van der Waals surface area contributed by atoms with Crippen molar-refractivity contribution >= 4 is 23.4 Å². The van der Waals surface area contributed by atoms with E-state index < -0.39 is 5.60 Å². The van der Waals surface area contributed by atoms with Gasteiger partial charge in [-0.3, -0.25) is 4.79 Å². The lowest BCUT2D eigenvalue weighted by Gasteiger charge is -2.34. The van der Waals surface area contributed by atoms with Gasteiger partial charge in [0.15, 0.2) is 0 Å².